The van der Waals surface area contributed by atoms with Crippen molar-refractivity contribution in [3.05, 3.63) is 60.8 Å². The number of hydrogen-bond donors (Lipinski definition) is 4. The van der Waals surface area contributed by atoms with Gasteiger partial charge in [-0.05, 0) is 12.8 Å². The number of benzene rings is 1. The number of rotatable bonds is 6. The summed E-state index contributed by atoms with van der Waals surface area (Å²) in [5.41, 5.74) is 8.05. The van der Waals surface area contributed by atoms with E-state index in [0.717, 1.165) is 43.0 Å². The molecule has 1 aliphatic rings. The van der Waals surface area contributed by atoms with E-state index in [2.05, 4.69) is 45.8 Å². The zero-order chi connectivity index (χ0) is 16.2. The zero-order valence-corrected chi connectivity index (χ0v) is 16.9. The number of aromatic amines is 1. The Kier molecular flexibility index (Phi) is 6.12. The van der Waals surface area contributed by atoms with Crippen molar-refractivity contribution in [3.8, 4) is 0 Å². The normalized spacial score (nSPS) is 17.2. The quantitative estimate of drug-likeness (QED) is 0.414. The Bertz CT molecular complexity index is 675. The molecule has 1 fully saturated rings. The van der Waals surface area contributed by atoms with Gasteiger partial charge in [0.2, 0.25) is 0 Å². The molecule has 3 rings (SSSR count). The van der Waals surface area contributed by atoms with E-state index in [0.29, 0.717) is 18.4 Å². The van der Waals surface area contributed by atoms with Crippen molar-refractivity contribution in [3.63, 3.8) is 0 Å². The summed E-state index contributed by atoms with van der Waals surface area (Å²) in [4.78, 5) is 5.50. The van der Waals surface area contributed by atoms with Gasteiger partial charge in [-0.2, -0.15) is 18.2 Å². The van der Waals surface area contributed by atoms with Gasteiger partial charge in [-0.3, -0.25) is 0 Å². The van der Waals surface area contributed by atoms with Crippen LogP contribution in [0.1, 0.15) is 18.5 Å². The first-order chi connectivity index (χ1) is 11.1. The number of hydrogen-bond acceptors (Lipinski definition) is 4. The molecule has 0 aliphatic carbocycles. The van der Waals surface area contributed by atoms with Gasteiger partial charge in [0, 0.05) is 39.1 Å². The molecule has 0 bridgehead atoms. The molecule has 0 saturated carbocycles. The van der Waals surface area contributed by atoms with E-state index < -0.39 is 0 Å². The molecule has 129 valence electrons. The van der Waals surface area contributed by atoms with Crippen LogP contribution < -0.4 is 16.4 Å². The SMILES string of the molecule is C=C(NCc1cc2c[c-]ccc2[nH]1)NC1CCCN(C(=C)N)C1.[Am]. The van der Waals surface area contributed by atoms with Crippen LogP contribution in [0.25, 0.3) is 10.9 Å². The van der Waals surface area contributed by atoms with Crippen molar-refractivity contribution in [2.45, 2.75) is 25.4 Å². The minimum absolute atomic E-state index is 0. The summed E-state index contributed by atoms with van der Waals surface area (Å²) in [5.74, 6) is 1.48. The number of piperidine rings is 1. The molecule has 1 aliphatic heterocycles. The molecule has 1 aromatic carbocycles. The number of aromatic nitrogens is 1. The van der Waals surface area contributed by atoms with Gasteiger partial charge in [-0.1, -0.05) is 24.7 Å². The summed E-state index contributed by atoms with van der Waals surface area (Å²) in [6.45, 7) is 10.5. The largest absolute Gasteiger partial charge is 0.386 e. The van der Waals surface area contributed by atoms with Gasteiger partial charge in [-0.15, -0.1) is 11.5 Å². The van der Waals surface area contributed by atoms with Crippen molar-refractivity contribution >= 4 is 10.9 Å². The molecule has 5 nitrogen and oxygen atoms in total. The molecule has 6 heteroatoms. The second kappa shape index (κ2) is 8.08. The van der Waals surface area contributed by atoms with E-state index in [9.17, 15) is 0 Å². The Balaban J connectivity index is 0.00000208. The van der Waals surface area contributed by atoms with E-state index in [4.69, 9.17) is 5.73 Å². The Labute approximate surface area is 151 Å². The Morgan fingerprint density at radius 2 is 2.29 bits per heavy atom. The molecular formula is C18H24AmN5-. The number of nitrogens with two attached hydrogens (primary N) is 1. The number of nitrogens with one attached hydrogen (secondary N) is 3. The van der Waals surface area contributed by atoms with Crippen LogP contribution in [0, 0.1) is 20.3 Å². The van der Waals surface area contributed by atoms with E-state index in [1.165, 1.54) is 5.39 Å². The van der Waals surface area contributed by atoms with Crippen molar-refractivity contribution in [2.24, 2.45) is 5.73 Å². The minimum Gasteiger partial charge on any atom is -0.386 e. The summed E-state index contributed by atoms with van der Waals surface area (Å²) in [6, 6.07) is 11.5. The third-order valence-corrected chi connectivity index (χ3v) is 4.22. The molecule has 1 aromatic heterocycles. The van der Waals surface area contributed by atoms with Gasteiger partial charge >= 0.3 is 0 Å². The van der Waals surface area contributed by atoms with Gasteiger partial charge < -0.3 is 26.3 Å². The van der Waals surface area contributed by atoms with Crippen molar-refractivity contribution in [1.29, 1.82) is 0 Å². The fourth-order valence-electron chi connectivity index (χ4n) is 3.02. The summed E-state index contributed by atoms with van der Waals surface area (Å²) >= 11 is 0. The van der Waals surface area contributed by atoms with E-state index in [-0.39, 0.29) is 14.3 Å². The first-order valence-corrected chi connectivity index (χ1v) is 7.98. The van der Waals surface area contributed by atoms with Gasteiger partial charge in [-0.25, -0.2) is 0 Å². The number of fused-ring (bicyclic) bond motifs is 1. The molecule has 0 spiro atoms. The maximum Gasteiger partial charge on any atom is 0.0918 e. The number of H-pyrrole nitrogens is 1. The fraction of sp³-hybridized carbons (Fsp3) is 0.333. The van der Waals surface area contributed by atoms with Crippen LogP contribution in [0.2, 0.25) is 0 Å². The van der Waals surface area contributed by atoms with Crippen LogP contribution in [0.3, 0.4) is 0 Å². The predicted octanol–water partition coefficient (Wildman–Crippen LogP) is 2.01. The smallest absolute Gasteiger partial charge is 0.0918 e. The van der Waals surface area contributed by atoms with Gasteiger partial charge in [0.05, 0.1) is 18.2 Å². The zero-order valence-electron chi connectivity index (χ0n) is 13.7. The second-order valence-corrected chi connectivity index (χ2v) is 6.06. The van der Waals surface area contributed by atoms with Crippen molar-refractivity contribution in [1.82, 2.24) is 20.5 Å². The summed E-state index contributed by atoms with van der Waals surface area (Å²) in [5, 5.41) is 7.95. The van der Waals surface area contributed by atoms with Gasteiger partial charge in [0.25, 0.3) is 0 Å². The fourth-order valence-corrected chi connectivity index (χ4v) is 3.02. The molecule has 24 heavy (non-hydrogen) atoms. The van der Waals surface area contributed by atoms with Crippen LogP contribution in [0.15, 0.2) is 49.1 Å². The molecule has 1 atom stereocenters. The van der Waals surface area contributed by atoms with E-state index >= 15 is 0 Å². The van der Waals surface area contributed by atoms with Crippen LogP contribution in [-0.4, -0.2) is 29.0 Å². The minimum atomic E-state index is 0. The van der Waals surface area contributed by atoms with E-state index in [1.54, 1.807) is 0 Å². The molecule has 5 N–H and O–H groups in total. The molecule has 2 aromatic rings. The van der Waals surface area contributed by atoms with E-state index in [1.807, 2.05) is 18.2 Å². The Morgan fingerprint density at radius 3 is 3.04 bits per heavy atom. The average molecular weight is 553 g/mol. The van der Waals surface area contributed by atoms with Crippen LogP contribution in [0.5, 0.6) is 0 Å². The molecule has 1 radical (unpaired) electrons. The third kappa shape index (κ3) is 4.43. The molecule has 1 unspecified atom stereocenters. The number of likely N-dealkylation sites (tertiary alicyclic amines) is 1. The monoisotopic (exact) mass is 551 g/mol. The average Bonchev–Trinajstić information content (AvgIpc) is 2.96. The summed E-state index contributed by atoms with van der Waals surface area (Å²) in [6.07, 6.45) is 2.23. The summed E-state index contributed by atoms with van der Waals surface area (Å²) in [7, 11) is 0. The maximum atomic E-state index is 5.79. The van der Waals surface area contributed by atoms with Crippen molar-refractivity contribution < 1.29 is 14.3 Å². The first kappa shape index (κ1) is 18.2. The summed E-state index contributed by atoms with van der Waals surface area (Å²) < 4.78 is 0. The standard InChI is InChI=1S/C18H24N5.Am/c1-13(19)23-9-5-7-16(12-23)21-14(2)20-11-17-10-15-6-3-4-8-18(15)22-17;/h4,6,8,10,16,20-22H,1-2,5,7,9,11-12,19H2;/q-1;. The predicted molar refractivity (Wildman–Crippen MR) is 94.2 cm³/mol. The molecule has 2 heterocycles. The Hall–Kier alpha value is -2.17. The van der Waals surface area contributed by atoms with Crippen LogP contribution in [-0.2, 0) is 6.54 Å². The second-order valence-electron chi connectivity index (χ2n) is 6.06. The van der Waals surface area contributed by atoms with Crippen LogP contribution in [0.4, 0.5) is 0 Å². The molecule has 0 amide bonds. The number of nitrogens with zero attached hydrogens (tertiary/aromatic N) is 1. The third-order valence-electron chi connectivity index (χ3n) is 4.22. The van der Waals surface area contributed by atoms with Crippen molar-refractivity contribution in [2.75, 3.05) is 13.1 Å². The molecule has 1 saturated heterocycles. The topological polar surface area (TPSA) is 69.1 Å². The Morgan fingerprint density at radius 1 is 1.46 bits per heavy atom. The van der Waals surface area contributed by atoms with Gasteiger partial charge in [0.1, 0.15) is 0 Å². The first-order valence-electron chi connectivity index (χ1n) is 7.98. The van der Waals surface area contributed by atoms with Gasteiger partial charge in [0.15, 0.2) is 0 Å². The maximum absolute atomic E-state index is 5.79. The molecular weight excluding hydrogens is 529 g/mol. The van der Waals surface area contributed by atoms with Crippen LogP contribution >= 0.6 is 0 Å².